The average Bonchev–Trinajstić information content (AvgIpc) is 2.77. The number of carbonyl (C=O) groups excluding carboxylic acids is 2. The van der Waals surface area contributed by atoms with Crippen LogP contribution >= 0.6 is 0 Å². The summed E-state index contributed by atoms with van der Waals surface area (Å²) in [5, 5.41) is 11.6. The van der Waals surface area contributed by atoms with Gasteiger partial charge in [-0.3, -0.25) is 9.59 Å². The first-order valence-electron chi connectivity index (χ1n) is 11.2. The second kappa shape index (κ2) is 6.27. The van der Waals surface area contributed by atoms with Gasteiger partial charge < -0.3 is 19.3 Å². The Morgan fingerprint density at radius 2 is 2.00 bits per heavy atom. The van der Waals surface area contributed by atoms with E-state index in [1.807, 2.05) is 6.92 Å². The molecular formula is C23H34O6. The summed E-state index contributed by atoms with van der Waals surface area (Å²) in [4.78, 5) is 25.9. The van der Waals surface area contributed by atoms with E-state index in [2.05, 4.69) is 6.92 Å². The fourth-order valence-electron chi connectivity index (χ4n) is 8.83. The minimum absolute atomic E-state index is 0.0325. The van der Waals surface area contributed by atoms with Gasteiger partial charge in [-0.25, -0.2) is 0 Å². The van der Waals surface area contributed by atoms with Crippen LogP contribution in [0.15, 0.2) is 0 Å². The van der Waals surface area contributed by atoms with Crippen molar-refractivity contribution in [1.82, 2.24) is 0 Å². The molecule has 6 heteroatoms. The Morgan fingerprint density at radius 1 is 1.24 bits per heavy atom. The predicted octanol–water partition coefficient (Wildman–Crippen LogP) is 2.36. The minimum Gasteiger partial charge on any atom is -0.462 e. The third-order valence-electron chi connectivity index (χ3n) is 9.70. The number of hydrogen-bond donors (Lipinski definition) is 1. The average molecular weight is 407 g/mol. The van der Waals surface area contributed by atoms with Crippen LogP contribution in [0.5, 0.6) is 0 Å². The van der Waals surface area contributed by atoms with Crippen LogP contribution in [0.2, 0.25) is 0 Å². The Balaban J connectivity index is 1.74. The molecule has 0 amide bonds. The number of carbonyl (C=O) groups is 2. The minimum atomic E-state index is -1.01. The highest BCUT2D eigenvalue weighted by atomic mass is 16.5. The van der Waals surface area contributed by atoms with Crippen molar-refractivity contribution in [3.05, 3.63) is 0 Å². The summed E-state index contributed by atoms with van der Waals surface area (Å²) in [7, 11) is 1.67. The van der Waals surface area contributed by atoms with Crippen LogP contribution in [0.4, 0.5) is 0 Å². The van der Waals surface area contributed by atoms with Crippen LogP contribution in [0.3, 0.4) is 0 Å². The van der Waals surface area contributed by atoms with Gasteiger partial charge in [-0.2, -0.15) is 0 Å². The molecule has 0 aromatic heterocycles. The molecule has 1 aliphatic heterocycles. The highest BCUT2D eigenvalue weighted by Gasteiger charge is 2.79. The maximum atomic E-state index is 13.8. The number of Topliss-reactive ketones (excluding diaryl/α,β-unsaturated/α-hetero) is 1. The first-order valence-corrected chi connectivity index (χ1v) is 11.2. The number of aliphatic hydroxyl groups excluding tert-OH is 1. The van der Waals surface area contributed by atoms with Crippen LogP contribution in [0, 0.1) is 39.9 Å². The summed E-state index contributed by atoms with van der Waals surface area (Å²) in [6.45, 7) is 6.98. The van der Waals surface area contributed by atoms with E-state index in [1.165, 1.54) is 6.92 Å². The zero-order valence-electron chi connectivity index (χ0n) is 18.0. The molecule has 5 fully saturated rings. The van der Waals surface area contributed by atoms with E-state index in [4.69, 9.17) is 14.2 Å². The molecule has 162 valence electrons. The maximum Gasteiger partial charge on any atom is 0.302 e. The van der Waals surface area contributed by atoms with Gasteiger partial charge in [0.15, 0.2) is 0 Å². The van der Waals surface area contributed by atoms with Crippen molar-refractivity contribution in [1.29, 1.82) is 0 Å². The lowest BCUT2D eigenvalue weighted by Crippen LogP contribution is -2.74. The Morgan fingerprint density at radius 3 is 2.69 bits per heavy atom. The van der Waals surface area contributed by atoms with Crippen molar-refractivity contribution < 1.29 is 28.9 Å². The van der Waals surface area contributed by atoms with E-state index in [-0.39, 0.29) is 52.5 Å². The molecule has 1 saturated heterocycles. The van der Waals surface area contributed by atoms with E-state index in [1.54, 1.807) is 7.11 Å². The summed E-state index contributed by atoms with van der Waals surface area (Å²) >= 11 is 0. The van der Waals surface area contributed by atoms with Crippen LogP contribution in [-0.4, -0.2) is 55.5 Å². The number of ether oxygens (including phenoxy) is 3. The summed E-state index contributed by atoms with van der Waals surface area (Å²) in [5.74, 6) is -0.572. The molecule has 1 heterocycles. The maximum absolute atomic E-state index is 13.8. The molecule has 0 aromatic rings. The van der Waals surface area contributed by atoms with Crippen LogP contribution in [0.1, 0.15) is 52.9 Å². The Labute approximate surface area is 172 Å². The predicted molar refractivity (Wildman–Crippen MR) is 104 cm³/mol. The second-order valence-corrected chi connectivity index (χ2v) is 10.8. The quantitative estimate of drug-likeness (QED) is 0.709. The third-order valence-corrected chi connectivity index (χ3v) is 9.70. The zero-order valence-corrected chi connectivity index (χ0v) is 18.0. The van der Waals surface area contributed by atoms with E-state index >= 15 is 0 Å². The zero-order chi connectivity index (χ0) is 20.8. The van der Waals surface area contributed by atoms with Crippen molar-refractivity contribution in [2.24, 2.45) is 39.9 Å². The van der Waals surface area contributed by atoms with Gasteiger partial charge in [-0.05, 0) is 42.9 Å². The van der Waals surface area contributed by atoms with E-state index in [0.717, 1.165) is 32.3 Å². The Hall–Kier alpha value is -0.980. The standard InChI is InChI=1S/C23H34O6/c1-12-14-8-15(29-13(2)24)18-22-7-5-6-21(3,10-28-11-22)16(22)9-17(27-4)23(18,19(12)25)20(14)26/h12,14-18,20,26H,5-11H2,1-4H3/t12-,14+,15+,16-,17+,18+,20-,21+,22+,23+/m1/s1. The van der Waals surface area contributed by atoms with Crippen molar-refractivity contribution in [2.45, 2.75) is 71.2 Å². The van der Waals surface area contributed by atoms with E-state index < -0.39 is 11.5 Å². The van der Waals surface area contributed by atoms with Gasteiger partial charge in [0.25, 0.3) is 0 Å². The van der Waals surface area contributed by atoms with Gasteiger partial charge in [0.05, 0.1) is 30.8 Å². The van der Waals surface area contributed by atoms with E-state index in [0.29, 0.717) is 18.9 Å². The number of methoxy groups -OCH3 is 1. The van der Waals surface area contributed by atoms with Crippen molar-refractivity contribution >= 4 is 11.8 Å². The number of esters is 1. The van der Waals surface area contributed by atoms with Gasteiger partial charge in [0.2, 0.25) is 0 Å². The van der Waals surface area contributed by atoms with Crippen LogP contribution in [-0.2, 0) is 23.8 Å². The Kier molecular flexibility index (Phi) is 4.31. The molecule has 4 aliphatic carbocycles. The molecule has 1 N–H and O–H groups in total. The molecule has 5 aliphatic rings. The van der Waals surface area contributed by atoms with Gasteiger partial charge in [-0.15, -0.1) is 0 Å². The topological polar surface area (TPSA) is 82.1 Å². The SMILES string of the molecule is CO[C@H]1C[C@@H]2[C@@]3(C)CCC[C@@]2(COC3)[C@@H]2[C@@H](OC(C)=O)C[C@@H]3[C@@H](O)[C@@]12C(=O)[C@@H]3C. The Bertz CT molecular complexity index is 723. The molecule has 6 nitrogen and oxygen atoms in total. The number of hydrogen-bond acceptors (Lipinski definition) is 6. The van der Waals surface area contributed by atoms with E-state index in [9.17, 15) is 14.7 Å². The third kappa shape index (κ3) is 2.23. The molecule has 0 radical (unpaired) electrons. The first kappa shape index (κ1) is 20.0. The van der Waals surface area contributed by atoms with Crippen molar-refractivity contribution in [3.63, 3.8) is 0 Å². The molecular weight excluding hydrogens is 372 g/mol. The second-order valence-electron chi connectivity index (χ2n) is 10.8. The molecule has 1 spiro atoms. The van der Waals surface area contributed by atoms with Crippen LogP contribution in [0.25, 0.3) is 0 Å². The molecule has 5 rings (SSSR count). The van der Waals surface area contributed by atoms with Crippen LogP contribution < -0.4 is 0 Å². The highest BCUT2D eigenvalue weighted by Crippen LogP contribution is 2.73. The van der Waals surface area contributed by atoms with Gasteiger partial charge in [0.1, 0.15) is 11.9 Å². The molecule has 0 aromatic carbocycles. The summed E-state index contributed by atoms with van der Waals surface area (Å²) in [6, 6.07) is 0. The highest BCUT2D eigenvalue weighted by molar-refractivity contribution is 5.92. The summed E-state index contributed by atoms with van der Waals surface area (Å²) in [5.41, 5.74) is -1.23. The molecule has 4 saturated carbocycles. The number of aliphatic hydroxyl groups is 1. The normalized spacial score (nSPS) is 55.8. The largest absolute Gasteiger partial charge is 0.462 e. The summed E-state index contributed by atoms with van der Waals surface area (Å²) < 4.78 is 18.1. The smallest absolute Gasteiger partial charge is 0.302 e. The van der Waals surface area contributed by atoms with Crippen molar-refractivity contribution in [3.8, 4) is 0 Å². The molecule has 4 bridgehead atoms. The number of ketones is 1. The number of rotatable bonds is 2. The lowest BCUT2D eigenvalue weighted by Gasteiger charge is -2.69. The monoisotopic (exact) mass is 406 g/mol. The number of fused-ring (bicyclic) bond motifs is 1. The van der Waals surface area contributed by atoms with Crippen molar-refractivity contribution in [2.75, 3.05) is 20.3 Å². The molecule has 0 unspecified atom stereocenters. The molecule has 29 heavy (non-hydrogen) atoms. The van der Waals surface area contributed by atoms with Gasteiger partial charge in [-0.1, -0.05) is 20.3 Å². The van der Waals surface area contributed by atoms with Gasteiger partial charge >= 0.3 is 5.97 Å². The lowest BCUT2D eigenvalue weighted by molar-refractivity contribution is -0.298. The fraction of sp³-hybridized carbons (Fsp3) is 0.913. The van der Waals surface area contributed by atoms with Gasteiger partial charge in [0, 0.05) is 31.3 Å². The molecule has 10 atom stereocenters. The summed E-state index contributed by atoms with van der Waals surface area (Å²) in [6.07, 6.45) is 2.96. The first-order chi connectivity index (χ1) is 13.7. The fourth-order valence-corrected chi connectivity index (χ4v) is 8.83. The lowest BCUT2D eigenvalue weighted by atomic mass is 9.38.